The lowest BCUT2D eigenvalue weighted by Gasteiger charge is -2.24. The van der Waals surface area contributed by atoms with Gasteiger partial charge in [0.25, 0.3) is 0 Å². The minimum atomic E-state index is 0.386. The number of rotatable bonds is 3. The summed E-state index contributed by atoms with van der Waals surface area (Å²) in [6.45, 7) is 3.64. The molecule has 0 aliphatic carbocycles. The van der Waals surface area contributed by atoms with Crippen molar-refractivity contribution in [1.29, 1.82) is 0 Å². The molecule has 6 nitrogen and oxygen atoms in total. The van der Waals surface area contributed by atoms with Crippen LogP contribution in [0.5, 0.6) is 0 Å². The van der Waals surface area contributed by atoms with Crippen molar-refractivity contribution in [2.24, 2.45) is 0 Å². The van der Waals surface area contributed by atoms with Crippen molar-refractivity contribution >= 4 is 11.8 Å². The molecule has 20 heavy (non-hydrogen) atoms. The first kappa shape index (κ1) is 13.6. The van der Waals surface area contributed by atoms with Crippen molar-refractivity contribution in [3.63, 3.8) is 0 Å². The Kier molecular flexibility index (Phi) is 4.03. The lowest BCUT2D eigenvalue weighted by Crippen LogP contribution is -2.30. The van der Waals surface area contributed by atoms with Gasteiger partial charge in [-0.1, -0.05) is 0 Å². The Hall–Kier alpha value is -1.40. The fourth-order valence-electron chi connectivity index (χ4n) is 3.04. The van der Waals surface area contributed by atoms with Gasteiger partial charge in [-0.25, -0.2) is 4.98 Å². The van der Waals surface area contributed by atoms with E-state index in [2.05, 4.69) is 26.3 Å². The highest BCUT2D eigenvalue weighted by Gasteiger charge is 2.24. The van der Waals surface area contributed by atoms with Gasteiger partial charge >= 0.3 is 0 Å². The molecular formula is C14H23N5O. The smallest absolute Gasteiger partial charge is 0.222 e. The fourth-order valence-corrected chi connectivity index (χ4v) is 3.04. The molecule has 3 N–H and O–H groups in total. The van der Waals surface area contributed by atoms with Crippen molar-refractivity contribution in [3.05, 3.63) is 11.8 Å². The maximum Gasteiger partial charge on any atom is 0.222 e. The van der Waals surface area contributed by atoms with Gasteiger partial charge in [-0.2, -0.15) is 4.98 Å². The number of nitrogens with two attached hydrogens (primary N) is 1. The summed E-state index contributed by atoms with van der Waals surface area (Å²) in [6, 6.07) is 2.66. The van der Waals surface area contributed by atoms with Crippen LogP contribution in [0.25, 0.3) is 0 Å². The average Bonchev–Trinajstić information content (AvgIpc) is 2.96. The Labute approximate surface area is 119 Å². The minimum absolute atomic E-state index is 0.386. The summed E-state index contributed by atoms with van der Waals surface area (Å²) in [5.74, 6) is 1.81. The van der Waals surface area contributed by atoms with Crippen LogP contribution in [0.3, 0.4) is 0 Å². The molecule has 0 amide bonds. The Bertz CT molecular complexity index is 461. The van der Waals surface area contributed by atoms with Crippen LogP contribution < -0.4 is 16.0 Å². The Morgan fingerprint density at radius 3 is 2.80 bits per heavy atom. The number of anilines is 2. The maximum atomic E-state index is 5.91. The summed E-state index contributed by atoms with van der Waals surface area (Å²) in [7, 11) is 2.01. The minimum Gasteiger partial charge on any atom is -0.381 e. The first-order valence-electron chi connectivity index (χ1n) is 7.40. The molecule has 1 unspecified atom stereocenters. The van der Waals surface area contributed by atoms with Crippen molar-refractivity contribution in [2.75, 3.05) is 44.0 Å². The molecule has 1 atom stereocenters. The summed E-state index contributed by atoms with van der Waals surface area (Å²) >= 11 is 0. The highest BCUT2D eigenvalue weighted by molar-refractivity contribution is 5.45. The number of ether oxygens (including phenoxy) is 1. The summed E-state index contributed by atoms with van der Waals surface area (Å²) < 4.78 is 5.42. The molecular weight excluding hydrogens is 254 g/mol. The molecule has 0 spiro atoms. The largest absolute Gasteiger partial charge is 0.381 e. The van der Waals surface area contributed by atoms with E-state index in [4.69, 9.17) is 10.5 Å². The zero-order valence-corrected chi connectivity index (χ0v) is 12.0. The molecule has 1 aromatic heterocycles. The van der Waals surface area contributed by atoms with E-state index in [-0.39, 0.29) is 0 Å². The van der Waals surface area contributed by atoms with Gasteiger partial charge in [0, 0.05) is 44.3 Å². The summed E-state index contributed by atoms with van der Waals surface area (Å²) in [6.07, 6.45) is 3.19. The molecule has 2 aliphatic rings. The van der Waals surface area contributed by atoms with E-state index in [1.807, 2.05) is 7.05 Å². The highest BCUT2D eigenvalue weighted by Crippen LogP contribution is 2.29. The highest BCUT2D eigenvalue weighted by atomic mass is 16.5. The van der Waals surface area contributed by atoms with Gasteiger partial charge in [0.05, 0.1) is 5.69 Å². The first-order chi connectivity index (χ1) is 9.76. The molecule has 1 aromatic rings. The lowest BCUT2D eigenvalue weighted by molar-refractivity contribution is 0.0845. The van der Waals surface area contributed by atoms with Crippen LogP contribution in [0.1, 0.15) is 30.9 Å². The SMILES string of the molecule is CNC1CCN(c2cc(C3CCOCC3)nc(N)n2)C1. The number of nitrogens with one attached hydrogen (secondary N) is 1. The van der Waals surface area contributed by atoms with E-state index in [9.17, 15) is 0 Å². The fraction of sp³-hybridized carbons (Fsp3) is 0.714. The van der Waals surface area contributed by atoms with E-state index in [0.717, 1.165) is 57.1 Å². The predicted octanol–water partition coefficient (Wildman–Crippen LogP) is 0.751. The van der Waals surface area contributed by atoms with E-state index in [1.165, 1.54) is 0 Å². The van der Waals surface area contributed by atoms with Crippen LogP contribution in [0.4, 0.5) is 11.8 Å². The van der Waals surface area contributed by atoms with Crippen molar-refractivity contribution in [1.82, 2.24) is 15.3 Å². The van der Waals surface area contributed by atoms with Gasteiger partial charge in [0.1, 0.15) is 5.82 Å². The summed E-state index contributed by atoms with van der Waals surface area (Å²) in [4.78, 5) is 11.1. The molecule has 3 heterocycles. The second-order valence-electron chi connectivity index (χ2n) is 5.62. The van der Waals surface area contributed by atoms with E-state index >= 15 is 0 Å². The second kappa shape index (κ2) is 5.93. The Morgan fingerprint density at radius 2 is 2.10 bits per heavy atom. The standard InChI is InChI=1S/C14H23N5O/c1-16-11-2-5-19(9-11)13-8-12(17-14(15)18-13)10-3-6-20-7-4-10/h8,10-11,16H,2-7,9H2,1H3,(H2,15,17,18). The molecule has 2 aliphatic heterocycles. The van der Waals surface area contributed by atoms with Crippen LogP contribution in [-0.4, -0.2) is 49.4 Å². The molecule has 0 aromatic carbocycles. The van der Waals surface area contributed by atoms with Gasteiger partial charge < -0.3 is 20.7 Å². The zero-order chi connectivity index (χ0) is 13.9. The predicted molar refractivity (Wildman–Crippen MR) is 78.9 cm³/mol. The number of aromatic nitrogens is 2. The Morgan fingerprint density at radius 1 is 1.30 bits per heavy atom. The first-order valence-corrected chi connectivity index (χ1v) is 7.40. The van der Waals surface area contributed by atoms with Gasteiger partial charge in [-0.05, 0) is 26.3 Å². The molecule has 3 rings (SSSR count). The number of nitrogen functional groups attached to an aromatic ring is 1. The average molecular weight is 277 g/mol. The quantitative estimate of drug-likeness (QED) is 0.849. The third-order valence-electron chi connectivity index (χ3n) is 4.31. The van der Waals surface area contributed by atoms with E-state index in [1.54, 1.807) is 0 Å². The molecule has 2 saturated heterocycles. The number of nitrogens with zero attached hydrogens (tertiary/aromatic N) is 3. The van der Waals surface area contributed by atoms with Gasteiger partial charge in [-0.3, -0.25) is 0 Å². The van der Waals surface area contributed by atoms with Crippen LogP contribution in [-0.2, 0) is 4.74 Å². The van der Waals surface area contributed by atoms with E-state index in [0.29, 0.717) is 17.9 Å². The van der Waals surface area contributed by atoms with Crippen molar-refractivity contribution in [3.8, 4) is 0 Å². The molecule has 0 bridgehead atoms. The van der Waals surface area contributed by atoms with Gasteiger partial charge in [-0.15, -0.1) is 0 Å². The second-order valence-corrected chi connectivity index (χ2v) is 5.62. The number of likely N-dealkylation sites (N-methyl/N-ethyl adjacent to an activating group) is 1. The van der Waals surface area contributed by atoms with Gasteiger partial charge in [0.15, 0.2) is 0 Å². The van der Waals surface area contributed by atoms with Crippen molar-refractivity contribution < 1.29 is 4.74 Å². The topological polar surface area (TPSA) is 76.3 Å². The van der Waals surface area contributed by atoms with Crippen LogP contribution in [0, 0.1) is 0 Å². The normalized spacial score (nSPS) is 24.2. The molecule has 0 radical (unpaired) electrons. The van der Waals surface area contributed by atoms with Crippen LogP contribution in [0.15, 0.2) is 6.07 Å². The summed E-state index contributed by atoms with van der Waals surface area (Å²) in [5.41, 5.74) is 6.98. The summed E-state index contributed by atoms with van der Waals surface area (Å²) in [5, 5.41) is 3.32. The Balaban J connectivity index is 1.79. The third kappa shape index (κ3) is 2.86. The monoisotopic (exact) mass is 277 g/mol. The van der Waals surface area contributed by atoms with Gasteiger partial charge in [0.2, 0.25) is 5.95 Å². The number of hydrogen-bond acceptors (Lipinski definition) is 6. The van der Waals surface area contributed by atoms with Crippen LogP contribution >= 0.6 is 0 Å². The maximum absolute atomic E-state index is 5.91. The zero-order valence-electron chi connectivity index (χ0n) is 12.0. The third-order valence-corrected chi connectivity index (χ3v) is 4.31. The molecule has 2 fully saturated rings. The molecule has 110 valence electrons. The molecule has 0 saturated carbocycles. The van der Waals surface area contributed by atoms with Crippen molar-refractivity contribution in [2.45, 2.75) is 31.2 Å². The van der Waals surface area contributed by atoms with Crippen LogP contribution in [0.2, 0.25) is 0 Å². The number of hydrogen-bond donors (Lipinski definition) is 2. The lowest BCUT2D eigenvalue weighted by atomic mass is 9.96. The van der Waals surface area contributed by atoms with E-state index < -0.39 is 0 Å². The molecule has 6 heteroatoms.